The third kappa shape index (κ3) is 5.36. The van der Waals surface area contributed by atoms with Gasteiger partial charge >= 0.3 is 6.16 Å². The largest absolute Gasteiger partial charge is 0.514 e. The van der Waals surface area contributed by atoms with Crippen LogP contribution in [0.5, 0.6) is 11.5 Å². The summed E-state index contributed by atoms with van der Waals surface area (Å²) in [6.45, 7) is 12.1. The lowest BCUT2D eigenvalue weighted by Gasteiger charge is -2.43. The van der Waals surface area contributed by atoms with Crippen molar-refractivity contribution in [1.29, 1.82) is 0 Å². The van der Waals surface area contributed by atoms with E-state index in [0.29, 0.717) is 19.6 Å². The quantitative estimate of drug-likeness (QED) is 0.319. The van der Waals surface area contributed by atoms with Crippen molar-refractivity contribution < 1.29 is 32.6 Å². The Bertz CT molecular complexity index is 1240. The molecule has 0 aliphatic carbocycles. The number of halogens is 3. The highest BCUT2D eigenvalue weighted by Crippen LogP contribution is 2.46. The van der Waals surface area contributed by atoms with Crippen LogP contribution in [-0.4, -0.2) is 59.3 Å². The van der Waals surface area contributed by atoms with Crippen LogP contribution in [0.2, 0.25) is 5.02 Å². The van der Waals surface area contributed by atoms with Crippen molar-refractivity contribution in [2.24, 2.45) is 5.41 Å². The van der Waals surface area contributed by atoms with E-state index in [9.17, 15) is 9.59 Å². The Labute approximate surface area is 219 Å². The van der Waals surface area contributed by atoms with Crippen LogP contribution in [0.4, 0.5) is 13.6 Å². The minimum Gasteiger partial charge on any atom is -0.485 e. The zero-order valence-electron chi connectivity index (χ0n) is 21.6. The number of amides is 1. The number of piperazine rings is 1. The molecule has 1 aromatic carbocycles. The average molecular weight is 538 g/mol. The maximum atomic E-state index is 15.6. The van der Waals surface area contributed by atoms with E-state index in [1.165, 1.54) is 12.1 Å². The van der Waals surface area contributed by atoms with Crippen molar-refractivity contribution in [1.82, 2.24) is 15.2 Å². The van der Waals surface area contributed by atoms with Crippen LogP contribution in [0.15, 0.2) is 18.2 Å². The highest BCUT2D eigenvalue weighted by atomic mass is 35.5. The number of nitrogens with one attached hydrogen (secondary N) is 1. The first-order chi connectivity index (χ1) is 17.2. The summed E-state index contributed by atoms with van der Waals surface area (Å²) in [6, 6.07) is 3.31. The van der Waals surface area contributed by atoms with Crippen molar-refractivity contribution in [2.75, 3.05) is 19.6 Å². The van der Waals surface area contributed by atoms with E-state index < -0.39 is 52.6 Å². The first-order valence-electron chi connectivity index (χ1n) is 12.0. The van der Waals surface area contributed by atoms with Gasteiger partial charge in [-0.2, -0.15) is 4.39 Å². The Morgan fingerprint density at radius 2 is 1.89 bits per heavy atom. The number of fused-ring (bicyclic) bond motifs is 2. The summed E-state index contributed by atoms with van der Waals surface area (Å²) in [5.41, 5.74) is -2.50. The smallest absolute Gasteiger partial charge is 0.485 e. The van der Waals surface area contributed by atoms with Crippen molar-refractivity contribution in [3.63, 3.8) is 0 Å². The second kappa shape index (κ2) is 9.72. The van der Waals surface area contributed by atoms with Gasteiger partial charge < -0.3 is 24.4 Å². The molecule has 1 saturated heterocycles. The lowest BCUT2D eigenvalue weighted by atomic mass is 9.83. The Kier molecular flexibility index (Phi) is 7.11. The van der Waals surface area contributed by atoms with E-state index >= 15 is 8.78 Å². The van der Waals surface area contributed by atoms with Crippen LogP contribution < -0.4 is 14.8 Å². The van der Waals surface area contributed by atoms with Crippen molar-refractivity contribution >= 4 is 23.7 Å². The van der Waals surface area contributed by atoms with E-state index in [1.54, 1.807) is 25.7 Å². The standard InChI is InChI=1S/C26H30ClF2N3O5/c1-25(2,3)21-14-12-30-10-11-32(14)23(33)17-20(36-21)18(27)19(31-22(17)29)16-13(28)8-7-9-15(16)35-24(34)37-26(4,5)6/h7-9,14,21,30H,10-12H2,1-6H3/t14-,21?/m1/s1. The summed E-state index contributed by atoms with van der Waals surface area (Å²) in [6.07, 6.45) is -1.66. The third-order valence-corrected chi connectivity index (χ3v) is 6.40. The SMILES string of the molecule is CC(C)(C)OC(=O)Oc1cccc(F)c1-c1nc(F)c2c(c1Cl)OC(C(C)(C)C)[C@H]1CNCCN1C2=O. The Hall–Kier alpha value is -2.98. The second-order valence-corrected chi connectivity index (χ2v) is 11.5. The van der Waals surface area contributed by atoms with Crippen molar-refractivity contribution in [3.8, 4) is 22.8 Å². The van der Waals surface area contributed by atoms with Gasteiger partial charge in [-0.3, -0.25) is 4.79 Å². The fourth-order valence-corrected chi connectivity index (χ4v) is 4.78. The van der Waals surface area contributed by atoms with Crippen LogP contribution >= 0.6 is 11.6 Å². The summed E-state index contributed by atoms with van der Waals surface area (Å²) in [7, 11) is 0. The van der Waals surface area contributed by atoms with Crippen molar-refractivity contribution in [2.45, 2.75) is 59.3 Å². The third-order valence-electron chi connectivity index (χ3n) is 6.05. The number of carbonyl (C=O) groups is 2. The molecule has 2 aromatic rings. The van der Waals surface area contributed by atoms with E-state index in [2.05, 4.69) is 10.3 Å². The molecular formula is C26H30ClF2N3O5. The van der Waals surface area contributed by atoms with Crippen LogP contribution in [0.1, 0.15) is 51.9 Å². The summed E-state index contributed by atoms with van der Waals surface area (Å²) < 4.78 is 47.4. The second-order valence-electron chi connectivity index (χ2n) is 11.1. The predicted octanol–water partition coefficient (Wildman–Crippen LogP) is 5.22. The van der Waals surface area contributed by atoms with Crippen LogP contribution in [0.25, 0.3) is 11.3 Å². The molecule has 4 rings (SSSR count). The molecule has 2 atom stereocenters. The zero-order valence-corrected chi connectivity index (χ0v) is 22.3. The molecule has 2 aliphatic heterocycles. The molecule has 37 heavy (non-hydrogen) atoms. The lowest BCUT2D eigenvalue weighted by Crippen LogP contribution is -2.61. The van der Waals surface area contributed by atoms with Gasteiger partial charge in [-0.15, -0.1) is 0 Å². The fourth-order valence-electron chi connectivity index (χ4n) is 4.51. The Balaban J connectivity index is 1.87. The van der Waals surface area contributed by atoms with E-state index in [1.807, 2.05) is 20.8 Å². The van der Waals surface area contributed by atoms with Crippen LogP contribution in [0.3, 0.4) is 0 Å². The molecule has 200 valence electrons. The molecule has 1 amide bonds. The van der Waals surface area contributed by atoms with Crippen LogP contribution in [-0.2, 0) is 4.74 Å². The zero-order chi connectivity index (χ0) is 27.3. The number of aromatic nitrogens is 1. The molecule has 8 nitrogen and oxygen atoms in total. The molecule has 0 spiro atoms. The van der Waals surface area contributed by atoms with E-state index in [4.69, 9.17) is 25.8 Å². The number of carbonyl (C=O) groups excluding carboxylic acids is 2. The number of pyridine rings is 1. The van der Waals surface area contributed by atoms with Gasteiger partial charge in [-0.1, -0.05) is 38.4 Å². The highest BCUT2D eigenvalue weighted by Gasteiger charge is 2.46. The number of hydrogen-bond acceptors (Lipinski definition) is 7. The van der Waals surface area contributed by atoms with Gasteiger partial charge in [0.1, 0.15) is 39.6 Å². The summed E-state index contributed by atoms with van der Waals surface area (Å²) in [4.78, 5) is 31.2. The maximum absolute atomic E-state index is 15.6. The molecule has 1 unspecified atom stereocenters. The monoisotopic (exact) mass is 537 g/mol. The first-order valence-corrected chi connectivity index (χ1v) is 12.3. The highest BCUT2D eigenvalue weighted by molar-refractivity contribution is 6.35. The molecule has 2 aliphatic rings. The number of benzene rings is 1. The van der Waals surface area contributed by atoms with Gasteiger partial charge in [-0.05, 0) is 32.9 Å². The van der Waals surface area contributed by atoms with Gasteiger partial charge in [0.15, 0.2) is 5.75 Å². The molecule has 0 saturated carbocycles. The molecule has 0 radical (unpaired) electrons. The van der Waals surface area contributed by atoms with Crippen LogP contribution in [0, 0.1) is 17.2 Å². The van der Waals surface area contributed by atoms with Crippen molar-refractivity contribution in [3.05, 3.63) is 40.6 Å². The minimum absolute atomic E-state index is 0.227. The maximum Gasteiger partial charge on any atom is 0.514 e. The Morgan fingerprint density at radius 3 is 2.54 bits per heavy atom. The van der Waals surface area contributed by atoms with E-state index in [0.717, 1.165) is 6.07 Å². The number of hydrogen-bond donors (Lipinski definition) is 1. The van der Waals surface area contributed by atoms with E-state index in [-0.39, 0.29) is 27.8 Å². The molecular weight excluding hydrogens is 508 g/mol. The number of ether oxygens (including phenoxy) is 3. The molecule has 3 heterocycles. The molecule has 11 heteroatoms. The normalized spacial score (nSPS) is 19.9. The predicted molar refractivity (Wildman–Crippen MR) is 133 cm³/mol. The molecule has 0 bridgehead atoms. The van der Waals surface area contributed by atoms with Gasteiger partial charge in [0.25, 0.3) is 5.91 Å². The Morgan fingerprint density at radius 1 is 1.19 bits per heavy atom. The summed E-state index contributed by atoms with van der Waals surface area (Å²) in [5.74, 6) is -3.15. The van der Waals surface area contributed by atoms with Gasteiger partial charge in [0.05, 0.1) is 11.6 Å². The average Bonchev–Trinajstić information content (AvgIpc) is 2.90. The van der Waals surface area contributed by atoms with Gasteiger partial charge in [-0.25, -0.2) is 14.2 Å². The number of nitrogens with zero attached hydrogens (tertiary/aromatic N) is 2. The topological polar surface area (TPSA) is 90.0 Å². The number of rotatable bonds is 2. The minimum atomic E-state index is -1.17. The van der Waals surface area contributed by atoms with Gasteiger partial charge in [0, 0.05) is 25.0 Å². The summed E-state index contributed by atoms with van der Waals surface area (Å²) >= 11 is 6.69. The fraction of sp³-hybridized carbons (Fsp3) is 0.500. The molecule has 1 fully saturated rings. The first kappa shape index (κ1) is 27.1. The van der Waals surface area contributed by atoms with Gasteiger partial charge in [0.2, 0.25) is 5.95 Å². The summed E-state index contributed by atoms with van der Waals surface area (Å²) in [5, 5.41) is 2.98. The molecule has 1 aromatic heterocycles. The molecule has 1 N–H and O–H groups in total. The lowest BCUT2D eigenvalue weighted by molar-refractivity contribution is 0.00234.